The fraction of sp³-hybridized carbons (Fsp3) is 0.550. The molecule has 1 aliphatic rings. The molecule has 1 aliphatic heterocycles. The van der Waals surface area contributed by atoms with Crippen molar-refractivity contribution >= 4 is 17.8 Å². The van der Waals surface area contributed by atoms with Crippen LogP contribution >= 0.6 is 0 Å². The SMILES string of the molecule is CCNC(=O)CCCC(=O)N1CCC(Cc2ccccc2C(=O)O)CC1. The minimum absolute atomic E-state index is 0.00361. The molecule has 0 unspecified atom stereocenters. The summed E-state index contributed by atoms with van der Waals surface area (Å²) in [5, 5.41) is 12.0. The Kier molecular flexibility index (Phi) is 7.63. The van der Waals surface area contributed by atoms with Crippen LogP contribution in [0.15, 0.2) is 24.3 Å². The number of carboxylic acid groups (broad SMARTS) is 1. The Bertz CT molecular complexity index is 636. The second-order valence-corrected chi connectivity index (χ2v) is 6.80. The maximum Gasteiger partial charge on any atom is 0.335 e. The molecular weight excluding hydrogens is 332 g/mol. The largest absolute Gasteiger partial charge is 0.478 e. The molecule has 1 heterocycles. The zero-order valence-corrected chi connectivity index (χ0v) is 15.4. The molecule has 1 aromatic carbocycles. The van der Waals surface area contributed by atoms with Gasteiger partial charge in [0.05, 0.1) is 5.56 Å². The number of rotatable bonds is 8. The van der Waals surface area contributed by atoms with Crippen LogP contribution in [0.3, 0.4) is 0 Å². The van der Waals surface area contributed by atoms with Gasteiger partial charge in [-0.15, -0.1) is 0 Å². The summed E-state index contributed by atoms with van der Waals surface area (Å²) in [6, 6.07) is 7.14. The molecule has 6 heteroatoms. The first kappa shape index (κ1) is 19.9. The smallest absolute Gasteiger partial charge is 0.335 e. The van der Waals surface area contributed by atoms with Gasteiger partial charge in [-0.25, -0.2) is 4.79 Å². The Hall–Kier alpha value is -2.37. The van der Waals surface area contributed by atoms with Gasteiger partial charge in [0.25, 0.3) is 0 Å². The van der Waals surface area contributed by atoms with E-state index in [1.54, 1.807) is 12.1 Å². The van der Waals surface area contributed by atoms with Crippen molar-refractivity contribution in [2.45, 2.75) is 45.4 Å². The predicted octanol–water partition coefficient (Wildman–Crippen LogP) is 2.47. The average molecular weight is 360 g/mol. The highest BCUT2D eigenvalue weighted by Gasteiger charge is 2.24. The van der Waals surface area contributed by atoms with Crippen LogP contribution in [0.4, 0.5) is 0 Å². The van der Waals surface area contributed by atoms with E-state index in [1.807, 2.05) is 24.0 Å². The monoisotopic (exact) mass is 360 g/mol. The second-order valence-electron chi connectivity index (χ2n) is 6.80. The lowest BCUT2D eigenvalue weighted by molar-refractivity contribution is -0.132. The number of aromatic carboxylic acids is 1. The number of nitrogens with zero attached hydrogens (tertiary/aromatic N) is 1. The first-order valence-corrected chi connectivity index (χ1v) is 9.37. The lowest BCUT2D eigenvalue weighted by Gasteiger charge is -2.32. The fourth-order valence-electron chi connectivity index (χ4n) is 3.45. The number of amides is 2. The van der Waals surface area contributed by atoms with E-state index >= 15 is 0 Å². The zero-order chi connectivity index (χ0) is 18.9. The maximum absolute atomic E-state index is 12.3. The van der Waals surface area contributed by atoms with Crippen molar-refractivity contribution in [3.05, 3.63) is 35.4 Å². The van der Waals surface area contributed by atoms with Crippen molar-refractivity contribution in [1.82, 2.24) is 10.2 Å². The maximum atomic E-state index is 12.3. The van der Waals surface area contributed by atoms with Crippen molar-refractivity contribution in [2.75, 3.05) is 19.6 Å². The zero-order valence-electron chi connectivity index (χ0n) is 15.4. The summed E-state index contributed by atoms with van der Waals surface area (Å²) in [7, 11) is 0. The Balaban J connectivity index is 1.76. The van der Waals surface area contributed by atoms with Crippen LogP contribution < -0.4 is 5.32 Å². The Morgan fingerprint density at radius 2 is 1.85 bits per heavy atom. The molecule has 0 atom stereocenters. The topological polar surface area (TPSA) is 86.7 Å². The second kappa shape index (κ2) is 9.94. The Morgan fingerprint density at radius 1 is 1.15 bits per heavy atom. The third-order valence-electron chi connectivity index (χ3n) is 4.89. The molecule has 2 rings (SSSR count). The van der Waals surface area contributed by atoms with Gasteiger partial charge >= 0.3 is 5.97 Å². The highest BCUT2D eigenvalue weighted by atomic mass is 16.4. The number of carbonyl (C=O) groups is 3. The van der Waals surface area contributed by atoms with Crippen molar-refractivity contribution in [3.8, 4) is 0 Å². The first-order chi connectivity index (χ1) is 12.5. The molecular formula is C20H28N2O4. The number of piperidine rings is 1. The van der Waals surface area contributed by atoms with E-state index in [-0.39, 0.29) is 11.8 Å². The minimum Gasteiger partial charge on any atom is -0.478 e. The molecule has 26 heavy (non-hydrogen) atoms. The van der Waals surface area contributed by atoms with Gasteiger partial charge in [-0.3, -0.25) is 9.59 Å². The summed E-state index contributed by atoms with van der Waals surface area (Å²) in [5.74, 6) is -0.384. The van der Waals surface area contributed by atoms with Crippen LogP contribution in [0.2, 0.25) is 0 Å². The van der Waals surface area contributed by atoms with Gasteiger partial charge in [0.15, 0.2) is 0 Å². The molecule has 1 fully saturated rings. The van der Waals surface area contributed by atoms with Crippen LogP contribution in [0.5, 0.6) is 0 Å². The number of carbonyl (C=O) groups excluding carboxylic acids is 2. The highest BCUT2D eigenvalue weighted by Crippen LogP contribution is 2.24. The third-order valence-corrected chi connectivity index (χ3v) is 4.89. The van der Waals surface area contributed by atoms with E-state index in [0.29, 0.717) is 50.4 Å². The van der Waals surface area contributed by atoms with Crippen LogP contribution in [-0.4, -0.2) is 47.4 Å². The quantitative estimate of drug-likeness (QED) is 0.746. The van der Waals surface area contributed by atoms with Crippen molar-refractivity contribution in [3.63, 3.8) is 0 Å². The molecule has 1 aromatic rings. The van der Waals surface area contributed by atoms with E-state index in [1.165, 1.54) is 0 Å². The highest BCUT2D eigenvalue weighted by molar-refractivity contribution is 5.89. The van der Waals surface area contributed by atoms with Gasteiger partial charge < -0.3 is 15.3 Å². The molecule has 1 saturated heterocycles. The summed E-state index contributed by atoms with van der Waals surface area (Å²) in [6.07, 6.45) is 3.88. The number of likely N-dealkylation sites (tertiary alicyclic amines) is 1. The number of hydrogen-bond acceptors (Lipinski definition) is 3. The first-order valence-electron chi connectivity index (χ1n) is 9.37. The van der Waals surface area contributed by atoms with Gasteiger partial charge in [0, 0.05) is 32.5 Å². The van der Waals surface area contributed by atoms with Gasteiger partial charge in [0.1, 0.15) is 0 Å². The molecule has 0 saturated carbocycles. The molecule has 0 bridgehead atoms. The normalized spacial score (nSPS) is 14.9. The number of benzene rings is 1. The summed E-state index contributed by atoms with van der Waals surface area (Å²) in [6.45, 7) is 3.91. The number of nitrogens with one attached hydrogen (secondary N) is 1. The lowest BCUT2D eigenvalue weighted by Crippen LogP contribution is -2.39. The van der Waals surface area contributed by atoms with E-state index in [0.717, 1.165) is 24.8 Å². The molecule has 2 amide bonds. The minimum atomic E-state index is -0.889. The molecule has 142 valence electrons. The summed E-state index contributed by atoms with van der Waals surface area (Å²) in [4.78, 5) is 36.9. The van der Waals surface area contributed by atoms with Crippen LogP contribution in [0.1, 0.15) is 54.9 Å². The van der Waals surface area contributed by atoms with E-state index in [9.17, 15) is 19.5 Å². The standard InChI is InChI=1S/C20H28N2O4/c1-2-21-18(23)8-5-9-19(24)22-12-10-15(11-13-22)14-16-6-3-4-7-17(16)20(25)26/h3-4,6-7,15H,2,5,8-14H2,1H3,(H,21,23)(H,25,26). The molecule has 6 nitrogen and oxygen atoms in total. The molecule has 0 aliphatic carbocycles. The predicted molar refractivity (Wildman–Crippen MR) is 98.9 cm³/mol. The molecule has 0 aromatic heterocycles. The lowest BCUT2D eigenvalue weighted by atomic mass is 9.88. The van der Waals surface area contributed by atoms with Gasteiger partial charge in [-0.2, -0.15) is 0 Å². The average Bonchev–Trinajstić information content (AvgIpc) is 2.62. The number of hydrogen-bond donors (Lipinski definition) is 2. The van der Waals surface area contributed by atoms with Gasteiger partial charge in [-0.05, 0) is 50.2 Å². The van der Waals surface area contributed by atoms with Gasteiger partial charge in [0.2, 0.25) is 11.8 Å². The Labute approximate surface area is 154 Å². The molecule has 0 radical (unpaired) electrons. The van der Waals surface area contributed by atoms with Gasteiger partial charge in [-0.1, -0.05) is 18.2 Å². The van der Waals surface area contributed by atoms with E-state index in [2.05, 4.69) is 5.32 Å². The Morgan fingerprint density at radius 3 is 2.50 bits per heavy atom. The molecule has 0 spiro atoms. The van der Waals surface area contributed by atoms with Crippen LogP contribution in [-0.2, 0) is 16.0 Å². The number of carboxylic acids is 1. The van der Waals surface area contributed by atoms with E-state index < -0.39 is 5.97 Å². The van der Waals surface area contributed by atoms with Crippen molar-refractivity contribution < 1.29 is 19.5 Å². The third kappa shape index (κ3) is 5.86. The van der Waals surface area contributed by atoms with Crippen molar-refractivity contribution in [2.24, 2.45) is 5.92 Å². The van der Waals surface area contributed by atoms with E-state index in [4.69, 9.17) is 0 Å². The van der Waals surface area contributed by atoms with Crippen molar-refractivity contribution in [1.29, 1.82) is 0 Å². The summed E-state index contributed by atoms with van der Waals surface area (Å²) in [5.41, 5.74) is 1.24. The van der Waals surface area contributed by atoms with Crippen LogP contribution in [0, 0.1) is 5.92 Å². The fourth-order valence-corrected chi connectivity index (χ4v) is 3.45. The summed E-state index contributed by atoms with van der Waals surface area (Å²) < 4.78 is 0. The van der Waals surface area contributed by atoms with Crippen LogP contribution in [0.25, 0.3) is 0 Å². The molecule has 2 N–H and O–H groups in total. The summed E-state index contributed by atoms with van der Waals surface area (Å²) >= 11 is 0.